The van der Waals surface area contributed by atoms with Gasteiger partial charge in [0.25, 0.3) is 0 Å². The monoisotopic (exact) mass is 635 g/mol. The molecule has 258 valence electrons. The summed E-state index contributed by atoms with van der Waals surface area (Å²) < 4.78 is 0. The molecule has 4 fully saturated rings. The molecule has 5 aliphatic rings. The zero-order valence-electron chi connectivity index (χ0n) is 32.5. The van der Waals surface area contributed by atoms with E-state index in [9.17, 15) is 0 Å². The van der Waals surface area contributed by atoms with Gasteiger partial charge in [0.05, 0.1) is 0 Å². The van der Waals surface area contributed by atoms with E-state index in [1.165, 1.54) is 88.2 Å². The molecule has 0 unspecified atom stereocenters. The lowest BCUT2D eigenvalue weighted by Crippen LogP contribution is -2.55. The molecule has 0 amide bonds. The smallest absolute Gasteiger partial charge is 0.0218 e. The van der Waals surface area contributed by atoms with Crippen LogP contribution in [0, 0.1) is 52.3 Å². The van der Waals surface area contributed by atoms with Crippen LogP contribution in [0.1, 0.15) is 175 Å². The predicted octanol–water partition coefficient (Wildman–Crippen LogP) is 13.7. The Bertz CT molecular complexity index is 1410. The van der Waals surface area contributed by atoms with Gasteiger partial charge in [-0.3, -0.25) is 0 Å². The van der Waals surface area contributed by atoms with Crippen molar-refractivity contribution in [2.75, 3.05) is 0 Å². The summed E-state index contributed by atoms with van der Waals surface area (Å²) in [7, 11) is 0. The predicted molar refractivity (Wildman–Crippen MR) is 203 cm³/mol. The Morgan fingerprint density at radius 2 is 1.26 bits per heavy atom. The second-order valence-corrected chi connectivity index (χ2v) is 21.0. The van der Waals surface area contributed by atoms with Crippen LogP contribution in [0.25, 0.3) is 11.1 Å². The lowest BCUT2D eigenvalue weighted by Gasteiger charge is -2.63. The third-order valence-corrected chi connectivity index (χ3v) is 16.0. The molecule has 0 nitrogen and oxygen atoms in total. The summed E-state index contributed by atoms with van der Waals surface area (Å²) in [6.45, 7) is 27.4. The van der Waals surface area contributed by atoms with Crippen molar-refractivity contribution in [3.8, 4) is 11.1 Å². The molecule has 0 bridgehead atoms. The molecule has 4 saturated carbocycles. The normalized spacial score (nSPS) is 34.9. The van der Waals surface area contributed by atoms with Crippen molar-refractivity contribution in [1.29, 1.82) is 0 Å². The first-order valence-corrected chi connectivity index (χ1v) is 20.3. The topological polar surface area (TPSA) is 0 Å². The molecule has 7 rings (SSSR count). The van der Waals surface area contributed by atoms with Crippen molar-refractivity contribution >= 4 is 0 Å². The van der Waals surface area contributed by atoms with Crippen LogP contribution in [0.2, 0.25) is 0 Å². The van der Waals surface area contributed by atoms with Crippen LogP contribution in [0.3, 0.4) is 0 Å². The van der Waals surface area contributed by atoms with Crippen molar-refractivity contribution in [1.82, 2.24) is 0 Å². The second kappa shape index (κ2) is 11.5. The minimum Gasteiger partial charge on any atom is -0.0628 e. The van der Waals surface area contributed by atoms with Gasteiger partial charge in [-0.1, -0.05) is 132 Å². The highest BCUT2D eigenvalue weighted by Crippen LogP contribution is 2.71. The Balaban J connectivity index is 1.19. The maximum absolute atomic E-state index is 2.80. The van der Waals surface area contributed by atoms with Crippen LogP contribution in [-0.4, -0.2) is 0 Å². The molecule has 0 heteroatoms. The summed E-state index contributed by atoms with van der Waals surface area (Å²) in [6, 6.07) is 15.2. The van der Waals surface area contributed by atoms with Crippen LogP contribution < -0.4 is 0 Å². The van der Waals surface area contributed by atoms with E-state index in [1.807, 2.05) is 0 Å². The van der Waals surface area contributed by atoms with Crippen LogP contribution in [0.15, 0.2) is 36.4 Å². The summed E-state index contributed by atoms with van der Waals surface area (Å²) in [6.07, 6.45) is 17.4. The van der Waals surface area contributed by atoms with E-state index >= 15 is 0 Å². The molecule has 0 aliphatic heterocycles. The van der Waals surface area contributed by atoms with Gasteiger partial charge in [0.15, 0.2) is 0 Å². The average Bonchev–Trinajstić information content (AvgIpc) is 3.48. The third-order valence-electron chi connectivity index (χ3n) is 16.0. The average molecular weight is 635 g/mol. The summed E-state index contributed by atoms with van der Waals surface area (Å²) in [5, 5.41) is 0. The molecule has 8 atom stereocenters. The Morgan fingerprint density at radius 1 is 0.660 bits per heavy atom. The van der Waals surface area contributed by atoms with E-state index in [4.69, 9.17) is 0 Å². The fraction of sp³-hybridized carbons (Fsp3) is 0.745. The quantitative estimate of drug-likeness (QED) is 0.307. The van der Waals surface area contributed by atoms with E-state index in [0.29, 0.717) is 10.8 Å². The van der Waals surface area contributed by atoms with Gasteiger partial charge < -0.3 is 0 Å². The standard InChI is InChI=1S/C47H70/c1-30(2)13-12-14-31(3)38-21-22-39-37-20-17-34-29-47(26-25-45(34,10)40(37)23-24-46(38,39)11)41-27-32(43(4,5)6)15-18-35(41)36-19-16-33(28-42(36)47)44(7,8)9/h15-16,18-19,27-28,30-31,34,37-40H,12-14,17,20-26,29H2,1-11H3/t31-,34+,37+,38-,39+,40+,45+,46-/m1/s1. The molecule has 0 N–H and O–H groups in total. The first-order chi connectivity index (χ1) is 22.0. The van der Waals surface area contributed by atoms with Crippen molar-refractivity contribution in [2.24, 2.45) is 52.3 Å². The Labute approximate surface area is 290 Å². The highest BCUT2D eigenvalue weighted by molar-refractivity contribution is 5.82. The Morgan fingerprint density at radius 3 is 1.83 bits per heavy atom. The van der Waals surface area contributed by atoms with Gasteiger partial charge >= 0.3 is 0 Å². The fourth-order valence-electron chi connectivity index (χ4n) is 13.2. The van der Waals surface area contributed by atoms with E-state index < -0.39 is 0 Å². The highest BCUT2D eigenvalue weighted by atomic mass is 14.7. The number of hydrogen-bond acceptors (Lipinski definition) is 0. The number of benzene rings is 2. The number of fused-ring (bicyclic) bond motifs is 10. The second-order valence-electron chi connectivity index (χ2n) is 21.0. The lowest BCUT2D eigenvalue weighted by molar-refractivity contribution is -0.121. The Hall–Kier alpha value is -1.56. The highest BCUT2D eigenvalue weighted by Gasteiger charge is 2.62. The largest absolute Gasteiger partial charge is 0.0628 e. The van der Waals surface area contributed by atoms with Gasteiger partial charge in [0.2, 0.25) is 0 Å². The fourth-order valence-corrected chi connectivity index (χ4v) is 13.2. The lowest BCUT2D eigenvalue weighted by atomic mass is 9.42. The Kier molecular flexibility index (Phi) is 8.29. The molecule has 47 heavy (non-hydrogen) atoms. The minimum atomic E-state index is 0.169. The molecule has 0 saturated heterocycles. The first-order valence-electron chi connectivity index (χ1n) is 20.3. The third kappa shape index (κ3) is 5.34. The molecule has 1 spiro atoms. The molecule has 0 aromatic heterocycles. The molecule has 5 aliphatic carbocycles. The van der Waals surface area contributed by atoms with Crippen molar-refractivity contribution in [3.63, 3.8) is 0 Å². The summed E-state index contributed by atoms with van der Waals surface area (Å²) in [5.74, 6) is 6.44. The zero-order valence-corrected chi connectivity index (χ0v) is 32.5. The van der Waals surface area contributed by atoms with Gasteiger partial charge in [0.1, 0.15) is 0 Å². The van der Waals surface area contributed by atoms with Gasteiger partial charge in [-0.2, -0.15) is 0 Å². The molecule has 0 radical (unpaired) electrons. The van der Waals surface area contributed by atoms with E-state index in [1.54, 1.807) is 22.3 Å². The molecular formula is C47H70. The first kappa shape index (κ1) is 33.9. The summed E-state index contributed by atoms with van der Waals surface area (Å²) in [4.78, 5) is 0. The molecule has 2 aromatic rings. The van der Waals surface area contributed by atoms with Gasteiger partial charge in [-0.05, 0) is 154 Å². The number of hydrogen-bond donors (Lipinski definition) is 0. The van der Waals surface area contributed by atoms with Gasteiger partial charge in [-0.15, -0.1) is 0 Å². The van der Waals surface area contributed by atoms with Crippen LogP contribution >= 0.6 is 0 Å². The minimum absolute atomic E-state index is 0.169. The molecule has 0 heterocycles. The van der Waals surface area contributed by atoms with Crippen LogP contribution in [0.5, 0.6) is 0 Å². The van der Waals surface area contributed by atoms with Crippen LogP contribution in [-0.2, 0) is 16.2 Å². The van der Waals surface area contributed by atoms with Gasteiger partial charge in [-0.25, -0.2) is 0 Å². The number of rotatable bonds is 5. The molecular weight excluding hydrogens is 565 g/mol. The van der Waals surface area contributed by atoms with Crippen molar-refractivity contribution in [3.05, 3.63) is 58.7 Å². The maximum atomic E-state index is 2.80. The summed E-state index contributed by atoms with van der Waals surface area (Å²) in [5.41, 5.74) is 11.1. The van der Waals surface area contributed by atoms with Gasteiger partial charge in [0, 0.05) is 5.41 Å². The zero-order chi connectivity index (χ0) is 33.7. The maximum Gasteiger partial charge on any atom is 0.0218 e. The summed E-state index contributed by atoms with van der Waals surface area (Å²) >= 11 is 0. The van der Waals surface area contributed by atoms with Crippen LogP contribution in [0.4, 0.5) is 0 Å². The van der Waals surface area contributed by atoms with E-state index in [2.05, 4.69) is 113 Å². The SMILES string of the molecule is CC(C)CCC[C@@H](C)[C@H]1CC[C@H]2[C@@H]3CC[C@H]4CC5(CC[C@]4(C)[C@H]3CC[C@]12C)c1cc(C(C)(C)C)ccc1-c1ccc(C(C)(C)C)cc15. The van der Waals surface area contributed by atoms with E-state index in [-0.39, 0.29) is 16.2 Å². The molecule has 2 aromatic carbocycles. The van der Waals surface area contributed by atoms with Crippen molar-refractivity contribution in [2.45, 2.75) is 169 Å². The van der Waals surface area contributed by atoms with Crippen molar-refractivity contribution < 1.29 is 0 Å². The van der Waals surface area contributed by atoms with E-state index in [0.717, 1.165) is 41.4 Å².